The van der Waals surface area contributed by atoms with Crippen LogP contribution in [-0.4, -0.2) is 30.0 Å². The van der Waals surface area contributed by atoms with Gasteiger partial charge in [0.25, 0.3) is 5.56 Å². The Morgan fingerprint density at radius 3 is 2.43 bits per heavy atom. The molecule has 2 aromatic rings. The highest BCUT2D eigenvalue weighted by Gasteiger charge is 2.14. The summed E-state index contributed by atoms with van der Waals surface area (Å²) in [5, 5.41) is 4.36. The van der Waals surface area contributed by atoms with Gasteiger partial charge in [-0.25, -0.2) is 17.8 Å². The van der Waals surface area contributed by atoms with E-state index in [4.69, 9.17) is 11.6 Å². The Kier molecular flexibility index (Phi) is 5.56. The largest absolute Gasteiger partial charge is 0.268 e. The summed E-state index contributed by atoms with van der Waals surface area (Å²) < 4.78 is 27.1. The van der Waals surface area contributed by atoms with Crippen molar-refractivity contribution in [3.63, 3.8) is 0 Å². The summed E-state index contributed by atoms with van der Waals surface area (Å²) in [6.07, 6.45) is 0. The zero-order chi connectivity index (χ0) is 17.0. The summed E-state index contributed by atoms with van der Waals surface area (Å²) >= 11 is 5.85. The van der Waals surface area contributed by atoms with E-state index in [1.165, 1.54) is 10.7 Å². The molecule has 1 aromatic carbocycles. The second kappa shape index (κ2) is 7.25. The van der Waals surface area contributed by atoms with Gasteiger partial charge in [0.05, 0.1) is 17.5 Å². The number of rotatable bonds is 6. The fraction of sp³-hybridized carbons (Fsp3) is 0.333. The quantitative estimate of drug-likeness (QED) is 0.858. The minimum Gasteiger partial charge on any atom is -0.268 e. The van der Waals surface area contributed by atoms with Crippen LogP contribution in [0.15, 0.2) is 41.2 Å². The van der Waals surface area contributed by atoms with Crippen molar-refractivity contribution < 1.29 is 8.42 Å². The van der Waals surface area contributed by atoms with Gasteiger partial charge in [0.2, 0.25) is 10.0 Å². The number of benzene rings is 1. The summed E-state index contributed by atoms with van der Waals surface area (Å²) in [6, 6.07) is 10.1. The molecular weight excluding hydrogens is 338 g/mol. The highest BCUT2D eigenvalue weighted by Crippen LogP contribution is 2.18. The third-order valence-electron chi connectivity index (χ3n) is 3.25. The van der Waals surface area contributed by atoms with Gasteiger partial charge in [-0.15, -0.1) is 0 Å². The molecule has 0 radical (unpaired) electrons. The number of hydrogen-bond donors (Lipinski definition) is 1. The zero-order valence-corrected chi connectivity index (χ0v) is 14.4. The average molecular weight is 356 g/mol. The lowest BCUT2D eigenvalue weighted by atomic mass is 10.1. The van der Waals surface area contributed by atoms with Crippen molar-refractivity contribution in [2.24, 2.45) is 0 Å². The van der Waals surface area contributed by atoms with Crippen LogP contribution in [-0.2, 0) is 16.6 Å². The minimum absolute atomic E-state index is 0.109. The fourth-order valence-electron chi connectivity index (χ4n) is 1.84. The van der Waals surface area contributed by atoms with Crippen molar-refractivity contribution in [3.05, 3.63) is 51.8 Å². The molecule has 0 unspecified atom stereocenters. The molecule has 8 heteroatoms. The molecule has 23 heavy (non-hydrogen) atoms. The van der Waals surface area contributed by atoms with E-state index in [2.05, 4.69) is 9.82 Å². The first kappa shape index (κ1) is 17.7. The third kappa shape index (κ3) is 4.63. The lowest BCUT2D eigenvalue weighted by Gasteiger charge is -2.11. The molecule has 2 rings (SSSR count). The van der Waals surface area contributed by atoms with Crippen LogP contribution >= 0.6 is 11.6 Å². The Hall–Kier alpha value is -1.70. The van der Waals surface area contributed by atoms with Crippen molar-refractivity contribution >= 4 is 21.6 Å². The highest BCUT2D eigenvalue weighted by atomic mass is 35.5. The summed E-state index contributed by atoms with van der Waals surface area (Å²) in [7, 11) is -3.36. The monoisotopic (exact) mass is 355 g/mol. The first-order valence-corrected chi connectivity index (χ1v) is 9.04. The molecule has 1 aromatic heterocycles. The van der Waals surface area contributed by atoms with Gasteiger partial charge in [0, 0.05) is 23.2 Å². The standard InChI is InChI=1S/C15H18ClN3O3S/c1-11(2)23(21,22)17-9-10-19-15(20)8-7-14(18-19)12-3-5-13(16)6-4-12/h3-8,11,17H,9-10H2,1-2H3. The average Bonchev–Trinajstić information content (AvgIpc) is 2.50. The van der Waals surface area contributed by atoms with Crippen molar-refractivity contribution in [2.45, 2.75) is 25.6 Å². The van der Waals surface area contributed by atoms with Gasteiger partial charge in [0.15, 0.2) is 0 Å². The van der Waals surface area contributed by atoms with Gasteiger partial charge in [-0.2, -0.15) is 5.10 Å². The minimum atomic E-state index is -3.36. The summed E-state index contributed by atoms with van der Waals surface area (Å²) in [4.78, 5) is 11.8. The summed E-state index contributed by atoms with van der Waals surface area (Å²) in [5.41, 5.74) is 1.16. The smallest absolute Gasteiger partial charge is 0.266 e. The van der Waals surface area contributed by atoms with Crippen LogP contribution in [0.4, 0.5) is 0 Å². The van der Waals surface area contributed by atoms with E-state index in [9.17, 15) is 13.2 Å². The first-order valence-electron chi connectivity index (χ1n) is 7.12. The first-order chi connectivity index (χ1) is 10.8. The van der Waals surface area contributed by atoms with Crippen molar-refractivity contribution in [1.29, 1.82) is 0 Å². The Balaban J connectivity index is 2.15. The molecule has 0 atom stereocenters. The molecule has 0 spiro atoms. The molecule has 0 aliphatic heterocycles. The molecule has 0 fully saturated rings. The highest BCUT2D eigenvalue weighted by molar-refractivity contribution is 7.90. The molecule has 6 nitrogen and oxygen atoms in total. The van der Waals surface area contributed by atoms with Crippen molar-refractivity contribution in [1.82, 2.24) is 14.5 Å². The van der Waals surface area contributed by atoms with Crippen LogP contribution < -0.4 is 10.3 Å². The van der Waals surface area contributed by atoms with E-state index >= 15 is 0 Å². The lowest BCUT2D eigenvalue weighted by Crippen LogP contribution is -2.35. The number of sulfonamides is 1. The number of hydrogen-bond acceptors (Lipinski definition) is 4. The zero-order valence-electron chi connectivity index (χ0n) is 12.9. The Labute approximate surface area is 140 Å². The molecule has 0 bridgehead atoms. The Morgan fingerprint density at radius 1 is 1.17 bits per heavy atom. The summed E-state index contributed by atoms with van der Waals surface area (Å²) in [6.45, 7) is 3.45. The Bertz CT molecular complexity index is 830. The van der Waals surface area contributed by atoms with Crippen LogP contribution in [0.3, 0.4) is 0 Å². The number of nitrogens with one attached hydrogen (secondary N) is 1. The molecular formula is C15H18ClN3O3S. The van der Waals surface area contributed by atoms with Gasteiger partial charge in [-0.3, -0.25) is 4.79 Å². The van der Waals surface area contributed by atoms with E-state index in [0.29, 0.717) is 10.7 Å². The molecule has 1 N–H and O–H groups in total. The number of nitrogens with zero attached hydrogens (tertiary/aromatic N) is 2. The molecule has 0 amide bonds. The van der Waals surface area contributed by atoms with Gasteiger partial charge in [-0.1, -0.05) is 23.7 Å². The van der Waals surface area contributed by atoms with Crippen molar-refractivity contribution in [3.8, 4) is 11.3 Å². The molecule has 0 saturated carbocycles. The van der Waals surface area contributed by atoms with E-state index in [-0.39, 0.29) is 18.6 Å². The van der Waals surface area contributed by atoms with Crippen LogP contribution in [0.25, 0.3) is 11.3 Å². The van der Waals surface area contributed by atoms with Gasteiger partial charge in [0.1, 0.15) is 0 Å². The van der Waals surface area contributed by atoms with Crippen LogP contribution in [0, 0.1) is 0 Å². The normalized spacial score (nSPS) is 11.8. The Morgan fingerprint density at radius 2 is 1.83 bits per heavy atom. The molecule has 0 aliphatic rings. The van der Waals surface area contributed by atoms with Crippen molar-refractivity contribution in [2.75, 3.05) is 6.54 Å². The second-order valence-electron chi connectivity index (χ2n) is 5.27. The van der Waals surface area contributed by atoms with Gasteiger partial charge in [-0.05, 0) is 32.0 Å². The summed E-state index contributed by atoms with van der Waals surface area (Å²) in [5.74, 6) is 0. The molecule has 0 saturated heterocycles. The number of halogens is 1. The maximum absolute atomic E-state index is 11.8. The lowest BCUT2D eigenvalue weighted by molar-refractivity contribution is 0.543. The number of aromatic nitrogens is 2. The van der Waals surface area contributed by atoms with Gasteiger partial charge < -0.3 is 0 Å². The maximum Gasteiger partial charge on any atom is 0.266 e. The third-order valence-corrected chi connectivity index (χ3v) is 5.35. The van der Waals surface area contributed by atoms with E-state index in [1.54, 1.807) is 44.2 Å². The van der Waals surface area contributed by atoms with E-state index in [0.717, 1.165) is 5.56 Å². The molecule has 1 heterocycles. The SMILES string of the molecule is CC(C)S(=O)(=O)NCCn1nc(-c2ccc(Cl)cc2)ccc1=O. The fourth-order valence-corrected chi connectivity index (χ4v) is 2.68. The predicted octanol–water partition coefficient (Wildman–Crippen LogP) is 1.89. The van der Waals surface area contributed by atoms with Gasteiger partial charge >= 0.3 is 0 Å². The van der Waals surface area contributed by atoms with E-state index < -0.39 is 15.3 Å². The topological polar surface area (TPSA) is 81.1 Å². The van der Waals surface area contributed by atoms with E-state index in [1.807, 2.05) is 0 Å². The van der Waals surface area contributed by atoms with Crippen LogP contribution in [0.1, 0.15) is 13.8 Å². The second-order valence-corrected chi connectivity index (χ2v) is 8.03. The molecule has 0 aliphatic carbocycles. The maximum atomic E-state index is 11.8. The predicted molar refractivity (Wildman–Crippen MR) is 91.0 cm³/mol. The molecule has 124 valence electrons. The van der Waals surface area contributed by atoms with Crippen LogP contribution in [0.5, 0.6) is 0 Å². The van der Waals surface area contributed by atoms with Crippen LogP contribution in [0.2, 0.25) is 5.02 Å².